The van der Waals surface area contributed by atoms with Gasteiger partial charge in [-0.3, -0.25) is 0 Å². The van der Waals surface area contributed by atoms with Crippen molar-refractivity contribution < 1.29 is 0 Å². The summed E-state index contributed by atoms with van der Waals surface area (Å²) >= 11 is 2.12. The van der Waals surface area contributed by atoms with E-state index in [1.54, 1.807) is 0 Å². The number of rotatable bonds is 4. The Morgan fingerprint density at radius 2 is 1.90 bits per heavy atom. The Kier molecular flexibility index (Phi) is 4.27. The number of anilines is 1. The van der Waals surface area contributed by atoms with Crippen LogP contribution in [0.5, 0.6) is 0 Å². The molecule has 2 unspecified atom stereocenters. The maximum absolute atomic E-state index is 3.67. The number of nitrogens with one attached hydrogen (secondary N) is 1. The molecule has 1 saturated carbocycles. The van der Waals surface area contributed by atoms with Crippen molar-refractivity contribution in [3.63, 3.8) is 0 Å². The van der Waals surface area contributed by atoms with E-state index < -0.39 is 0 Å². The summed E-state index contributed by atoms with van der Waals surface area (Å²) < 4.78 is 0. The first-order chi connectivity index (χ1) is 9.61. The third kappa shape index (κ3) is 3.50. The number of hydrogen-bond acceptors (Lipinski definition) is 3. The molecular formula is C17H26N2S. The van der Waals surface area contributed by atoms with E-state index in [4.69, 9.17) is 0 Å². The summed E-state index contributed by atoms with van der Waals surface area (Å²) in [5.41, 5.74) is 4.29. The van der Waals surface area contributed by atoms with Gasteiger partial charge < -0.3 is 10.2 Å². The monoisotopic (exact) mass is 290 g/mol. The minimum atomic E-state index is 0.726. The zero-order chi connectivity index (χ0) is 14.1. The highest BCUT2D eigenvalue weighted by atomic mass is 32.2. The fraction of sp³-hybridized carbons (Fsp3) is 0.647. The highest BCUT2D eigenvalue weighted by molar-refractivity contribution is 8.00. The lowest BCUT2D eigenvalue weighted by Crippen LogP contribution is -2.41. The minimum absolute atomic E-state index is 0.726. The number of aryl methyl sites for hydroxylation is 1. The predicted molar refractivity (Wildman–Crippen MR) is 89.8 cm³/mol. The predicted octanol–water partition coefficient (Wildman–Crippen LogP) is 3.58. The molecule has 0 bridgehead atoms. The Labute approximate surface area is 127 Å². The molecule has 0 radical (unpaired) electrons. The molecule has 1 heterocycles. The molecule has 3 heteroatoms. The van der Waals surface area contributed by atoms with Crippen molar-refractivity contribution >= 4 is 17.4 Å². The van der Waals surface area contributed by atoms with E-state index in [1.165, 1.54) is 42.7 Å². The van der Waals surface area contributed by atoms with E-state index in [0.717, 1.165) is 23.1 Å². The summed E-state index contributed by atoms with van der Waals surface area (Å²) in [6, 6.07) is 7.72. The molecule has 2 aliphatic rings. The van der Waals surface area contributed by atoms with Crippen LogP contribution in [0.15, 0.2) is 18.2 Å². The van der Waals surface area contributed by atoms with Crippen LogP contribution in [-0.2, 0) is 6.54 Å². The van der Waals surface area contributed by atoms with Gasteiger partial charge in [0, 0.05) is 41.9 Å². The van der Waals surface area contributed by atoms with Gasteiger partial charge in [-0.05, 0) is 31.4 Å². The molecular weight excluding hydrogens is 264 g/mol. The fourth-order valence-electron chi connectivity index (χ4n) is 3.08. The smallest absolute Gasteiger partial charge is 0.0412 e. The number of benzene rings is 1. The van der Waals surface area contributed by atoms with Gasteiger partial charge in [-0.15, -0.1) is 0 Å². The van der Waals surface area contributed by atoms with Crippen LogP contribution < -0.4 is 10.2 Å². The van der Waals surface area contributed by atoms with Crippen molar-refractivity contribution in [2.24, 2.45) is 0 Å². The largest absolute Gasteiger partial charge is 0.369 e. The highest BCUT2D eigenvalue weighted by Gasteiger charge is 2.25. The van der Waals surface area contributed by atoms with Crippen LogP contribution in [0.2, 0.25) is 0 Å². The van der Waals surface area contributed by atoms with Gasteiger partial charge in [0.2, 0.25) is 0 Å². The normalized spacial score (nSPS) is 26.9. The van der Waals surface area contributed by atoms with Gasteiger partial charge in [0.15, 0.2) is 0 Å². The van der Waals surface area contributed by atoms with Gasteiger partial charge in [0.25, 0.3) is 0 Å². The first-order valence-corrected chi connectivity index (χ1v) is 8.79. The SMILES string of the molecule is Cc1ccc(N2CC(C)SC(C)C2)c(CNC2CC2)c1. The molecule has 1 aromatic carbocycles. The van der Waals surface area contributed by atoms with E-state index in [1.807, 2.05) is 0 Å². The summed E-state index contributed by atoms with van der Waals surface area (Å²) in [7, 11) is 0. The Hall–Kier alpha value is -0.670. The summed E-state index contributed by atoms with van der Waals surface area (Å²) in [5.74, 6) is 0. The lowest BCUT2D eigenvalue weighted by molar-refractivity contribution is 0.675. The number of thioether (sulfide) groups is 1. The molecule has 2 nitrogen and oxygen atoms in total. The molecule has 0 amide bonds. The van der Waals surface area contributed by atoms with Crippen LogP contribution in [0, 0.1) is 6.92 Å². The molecule has 0 aromatic heterocycles. The summed E-state index contributed by atoms with van der Waals surface area (Å²) in [6.07, 6.45) is 2.71. The molecule has 1 N–H and O–H groups in total. The number of hydrogen-bond donors (Lipinski definition) is 1. The van der Waals surface area contributed by atoms with Crippen LogP contribution in [0.4, 0.5) is 5.69 Å². The second-order valence-electron chi connectivity index (χ2n) is 6.45. The van der Waals surface area contributed by atoms with Crippen LogP contribution >= 0.6 is 11.8 Å². The van der Waals surface area contributed by atoms with Crippen molar-refractivity contribution in [1.82, 2.24) is 5.32 Å². The second-order valence-corrected chi connectivity index (χ2v) is 8.33. The summed E-state index contributed by atoms with van der Waals surface area (Å²) in [4.78, 5) is 2.59. The third-order valence-electron chi connectivity index (χ3n) is 4.15. The molecule has 3 rings (SSSR count). The van der Waals surface area contributed by atoms with Crippen LogP contribution in [0.25, 0.3) is 0 Å². The summed E-state index contributed by atoms with van der Waals surface area (Å²) in [6.45, 7) is 10.3. The Balaban J connectivity index is 1.79. The van der Waals surface area contributed by atoms with E-state index >= 15 is 0 Å². The van der Waals surface area contributed by atoms with Gasteiger partial charge in [-0.2, -0.15) is 11.8 Å². The highest BCUT2D eigenvalue weighted by Crippen LogP contribution is 2.31. The molecule has 1 aliphatic carbocycles. The molecule has 2 atom stereocenters. The Morgan fingerprint density at radius 1 is 1.20 bits per heavy atom. The molecule has 110 valence electrons. The van der Waals surface area contributed by atoms with Crippen LogP contribution in [0.3, 0.4) is 0 Å². The van der Waals surface area contributed by atoms with E-state index in [0.29, 0.717) is 0 Å². The second kappa shape index (κ2) is 5.98. The Bertz CT molecular complexity index is 460. The van der Waals surface area contributed by atoms with Crippen molar-refractivity contribution in [2.75, 3.05) is 18.0 Å². The topological polar surface area (TPSA) is 15.3 Å². The van der Waals surface area contributed by atoms with Crippen molar-refractivity contribution in [3.8, 4) is 0 Å². The minimum Gasteiger partial charge on any atom is -0.369 e. The maximum Gasteiger partial charge on any atom is 0.0412 e. The van der Waals surface area contributed by atoms with E-state index in [-0.39, 0.29) is 0 Å². The first kappa shape index (κ1) is 14.3. The van der Waals surface area contributed by atoms with Crippen molar-refractivity contribution in [3.05, 3.63) is 29.3 Å². The van der Waals surface area contributed by atoms with E-state index in [2.05, 4.69) is 60.9 Å². The summed E-state index contributed by atoms with van der Waals surface area (Å²) in [5, 5.41) is 5.12. The molecule has 1 saturated heterocycles. The van der Waals surface area contributed by atoms with Crippen LogP contribution in [-0.4, -0.2) is 29.6 Å². The lowest BCUT2D eigenvalue weighted by atomic mass is 10.1. The fourth-order valence-corrected chi connectivity index (χ4v) is 4.41. The molecule has 20 heavy (non-hydrogen) atoms. The van der Waals surface area contributed by atoms with Gasteiger partial charge >= 0.3 is 0 Å². The van der Waals surface area contributed by atoms with Crippen molar-refractivity contribution in [1.29, 1.82) is 0 Å². The van der Waals surface area contributed by atoms with E-state index in [9.17, 15) is 0 Å². The first-order valence-electron chi connectivity index (χ1n) is 7.85. The quantitative estimate of drug-likeness (QED) is 0.912. The molecule has 1 aliphatic heterocycles. The van der Waals surface area contributed by atoms with Gasteiger partial charge in [-0.25, -0.2) is 0 Å². The maximum atomic E-state index is 3.67. The van der Waals surface area contributed by atoms with Gasteiger partial charge in [0.05, 0.1) is 0 Å². The zero-order valence-corrected chi connectivity index (χ0v) is 13.7. The molecule has 0 spiro atoms. The third-order valence-corrected chi connectivity index (χ3v) is 5.38. The van der Waals surface area contributed by atoms with Gasteiger partial charge in [0.1, 0.15) is 0 Å². The van der Waals surface area contributed by atoms with Crippen LogP contribution in [0.1, 0.15) is 37.8 Å². The average molecular weight is 290 g/mol. The number of nitrogens with zero attached hydrogens (tertiary/aromatic N) is 1. The Morgan fingerprint density at radius 3 is 2.55 bits per heavy atom. The molecule has 2 fully saturated rings. The zero-order valence-electron chi connectivity index (χ0n) is 12.9. The lowest BCUT2D eigenvalue weighted by Gasteiger charge is -2.37. The average Bonchev–Trinajstić information content (AvgIpc) is 3.19. The molecule has 1 aromatic rings. The van der Waals surface area contributed by atoms with Gasteiger partial charge in [-0.1, -0.05) is 31.5 Å². The van der Waals surface area contributed by atoms with Crippen molar-refractivity contribution in [2.45, 2.75) is 56.7 Å². The standard InChI is InChI=1S/C17H26N2S/c1-12-4-7-17(15(8-12)9-18-16-5-6-16)19-10-13(2)20-14(3)11-19/h4,7-8,13-14,16,18H,5-6,9-11H2,1-3H3.